The molecule has 3 nitrogen and oxygen atoms in total. The highest BCUT2D eigenvalue weighted by molar-refractivity contribution is 6.30. The summed E-state index contributed by atoms with van der Waals surface area (Å²) >= 11 is 5.84. The molecule has 0 heterocycles. The zero-order valence-electron chi connectivity index (χ0n) is 11.1. The van der Waals surface area contributed by atoms with Crippen LogP contribution in [0.2, 0.25) is 5.02 Å². The van der Waals surface area contributed by atoms with E-state index in [2.05, 4.69) is 5.32 Å². The maximum atomic E-state index is 12.5. The molecule has 0 atom stereocenters. The van der Waals surface area contributed by atoms with E-state index in [1.165, 1.54) is 12.8 Å². The van der Waals surface area contributed by atoms with Gasteiger partial charge in [0.25, 0.3) is 0 Å². The van der Waals surface area contributed by atoms with E-state index in [4.69, 9.17) is 17.3 Å². The summed E-state index contributed by atoms with van der Waals surface area (Å²) < 4.78 is 0. The first-order valence-electron chi connectivity index (χ1n) is 6.93. The van der Waals surface area contributed by atoms with Gasteiger partial charge in [0.05, 0.1) is 5.41 Å². The number of amides is 1. The van der Waals surface area contributed by atoms with Crippen LogP contribution in [0.15, 0.2) is 24.3 Å². The number of carbonyl (C=O) groups excluding carboxylic acids is 1. The summed E-state index contributed by atoms with van der Waals surface area (Å²) in [6.07, 6.45) is 6.37. The van der Waals surface area contributed by atoms with Crippen LogP contribution in [0, 0.1) is 5.41 Å². The summed E-state index contributed by atoms with van der Waals surface area (Å²) in [6, 6.07) is 7.20. The summed E-state index contributed by atoms with van der Waals surface area (Å²) in [5.74, 6) is 0.0548. The summed E-state index contributed by atoms with van der Waals surface area (Å²) in [4.78, 5) is 12.5. The molecule has 0 bridgehead atoms. The first kappa shape index (κ1) is 14.4. The molecule has 4 heteroatoms. The van der Waals surface area contributed by atoms with Gasteiger partial charge < -0.3 is 11.1 Å². The van der Waals surface area contributed by atoms with Gasteiger partial charge in [-0.25, -0.2) is 0 Å². The van der Waals surface area contributed by atoms with E-state index >= 15 is 0 Å². The minimum Gasteiger partial charge on any atom is -0.329 e. The smallest absolute Gasteiger partial charge is 0.231 e. The SMILES string of the molecule is NCC1(C(=O)Nc2ccc(Cl)cc2)CCCCCC1. The van der Waals surface area contributed by atoms with Crippen molar-refractivity contribution in [2.24, 2.45) is 11.1 Å². The van der Waals surface area contributed by atoms with E-state index in [0.29, 0.717) is 11.6 Å². The van der Waals surface area contributed by atoms with Crippen molar-refractivity contribution in [3.63, 3.8) is 0 Å². The number of nitrogens with two attached hydrogens (primary N) is 1. The summed E-state index contributed by atoms with van der Waals surface area (Å²) in [7, 11) is 0. The van der Waals surface area contributed by atoms with Gasteiger partial charge in [-0.3, -0.25) is 4.79 Å². The van der Waals surface area contributed by atoms with Gasteiger partial charge in [0.15, 0.2) is 0 Å². The number of rotatable bonds is 3. The standard InChI is InChI=1S/C15H21ClN2O/c16-12-5-7-13(8-6-12)18-14(19)15(11-17)9-3-1-2-4-10-15/h5-8H,1-4,9-11,17H2,(H,18,19). The van der Waals surface area contributed by atoms with Crippen LogP contribution in [0.25, 0.3) is 0 Å². The zero-order chi connectivity index (χ0) is 13.7. The maximum absolute atomic E-state index is 12.5. The second-order valence-electron chi connectivity index (χ2n) is 5.36. The quantitative estimate of drug-likeness (QED) is 0.832. The van der Waals surface area contributed by atoms with Crippen LogP contribution in [0.1, 0.15) is 38.5 Å². The van der Waals surface area contributed by atoms with Crippen molar-refractivity contribution in [1.82, 2.24) is 0 Å². The van der Waals surface area contributed by atoms with E-state index in [1.807, 2.05) is 12.1 Å². The van der Waals surface area contributed by atoms with Crippen molar-refractivity contribution in [3.05, 3.63) is 29.3 Å². The van der Waals surface area contributed by atoms with E-state index in [9.17, 15) is 4.79 Å². The van der Waals surface area contributed by atoms with Gasteiger partial charge in [-0.05, 0) is 37.1 Å². The molecule has 3 N–H and O–H groups in total. The molecule has 2 rings (SSSR count). The summed E-state index contributed by atoms with van der Waals surface area (Å²) in [6.45, 7) is 0.423. The van der Waals surface area contributed by atoms with Gasteiger partial charge in [-0.2, -0.15) is 0 Å². The third-order valence-electron chi connectivity index (χ3n) is 4.04. The Morgan fingerprint density at radius 3 is 2.26 bits per heavy atom. The normalized spacial score (nSPS) is 18.6. The molecular weight excluding hydrogens is 260 g/mol. The molecule has 0 radical (unpaired) electrons. The van der Waals surface area contributed by atoms with Crippen molar-refractivity contribution in [2.45, 2.75) is 38.5 Å². The van der Waals surface area contributed by atoms with Crippen LogP contribution in [0.3, 0.4) is 0 Å². The molecule has 1 aliphatic rings. The third kappa shape index (κ3) is 3.48. The molecule has 0 unspecified atom stereocenters. The van der Waals surface area contributed by atoms with E-state index in [-0.39, 0.29) is 5.91 Å². The fourth-order valence-corrected chi connectivity index (χ4v) is 2.85. The fourth-order valence-electron chi connectivity index (χ4n) is 2.73. The largest absolute Gasteiger partial charge is 0.329 e. The van der Waals surface area contributed by atoms with Gasteiger partial charge in [-0.1, -0.05) is 37.3 Å². The highest BCUT2D eigenvalue weighted by Gasteiger charge is 2.37. The van der Waals surface area contributed by atoms with Gasteiger partial charge in [0.2, 0.25) is 5.91 Å². The second-order valence-corrected chi connectivity index (χ2v) is 5.80. The predicted octanol–water partition coefficient (Wildman–Crippen LogP) is 3.58. The van der Waals surface area contributed by atoms with Crippen LogP contribution < -0.4 is 11.1 Å². The lowest BCUT2D eigenvalue weighted by atomic mass is 9.79. The first-order chi connectivity index (χ1) is 9.16. The minimum absolute atomic E-state index is 0.0548. The van der Waals surface area contributed by atoms with Crippen LogP contribution in [-0.2, 0) is 4.79 Å². The Hall–Kier alpha value is -1.06. The Bertz CT molecular complexity index is 422. The molecule has 1 aromatic carbocycles. The van der Waals surface area contributed by atoms with Crippen molar-refractivity contribution >= 4 is 23.2 Å². The van der Waals surface area contributed by atoms with Gasteiger partial charge in [0, 0.05) is 17.3 Å². The van der Waals surface area contributed by atoms with Crippen LogP contribution in [0.4, 0.5) is 5.69 Å². The molecule has 1 saturated carbocycles. The van der Waals surface area contributed by atoms with Crippen molar-refractivity contribution < 1.29 is 4.79 Å². The molecule has 1 amide bonds. The summed E-state index contributed by atoms with van der Waals surface area (Å²) in [5, 5.41) is 3.65. The lowest BCUT2D eigenvalue weighted by Gasteiger charge is -2.29. The molecule has 19 heavy (non-hydrogen) atoms. The van der Waals surface area contributed by atoms with E-state index in [0.717, 1.165) is 31.4 Å². The summed E-state index contributed by atoms with van der Waals surface area (Å²) in [5.41, 5.74) is 6.30. The number of benzene rings is 1. The molecule has 0 aromatic heterocycles. The second kappa shape index (κ2) is 6.40. The topological polar surface area (TPSA) is 55.1 Å². The fraction of sp³-hybridized carbons (Fsp3) is 0.533. The third-order valence-corrected chi connectivity index (χ3v) is 4.29. The Morgan fingerprint density at radius 1 is 1.16 bits per heavy atom. The maximum Gasteiger partial charge on any atom is 0.231 e. The van der Waals surface area contributed by atoms with Crippen LogP contribution >= 0.6 is 11.6 Å². The minimum atomic E-state index is -0.393. The Balaban J connectivity index is 2.09. The molecule has 0 spiro atoms. The molecular formula is C15H21ClN2O. The monoisotopic (exact) mass is 280 g/mol. The molecule has 0 aliphatic heterocycles. The zero-order valence-corrected chi connectivity index (χ0v) is 11.9. The first-order valence-corrected chi connectivity index (χ1v) is 7.31. The predicted molar refractivity (Wildman–Crippen MR) is 79.3 cm³/mol. The van der Waals surface area contributed by atoms with Gasteiger partial charge in [-0.15, -0.1) is 0 Å². The highest BCUT2D eigenvalue weighted by Crippen LogP contribution is 2.35. The number of hydrogen-bond acceptors (Lipinski definition) is 2. The lowest BCUT2D eigenvalue weighted by Crippen LogP contribution is -2.42. The van der Waals surface area contributed by atoms with Crippen molar-refractivity contribution in [2.75, 3.05) is 11.9 Å². The number of halogens is 1. The molecule has 1 aromatic rings. The van der Waals surface area contributed by atoms with Crippen molar-refractivity contribution in [1.29, 1.82) is 0 Å². The van der Waals surface area contributed by atoms with Crippen molar-refractivity contribution in [3.8, 4) is 0 Å². The van der Waals surface area contributed by atoms with E-state index in [1.54, 1.807) is 12.1 Å². The Kier molecular flexibility index (Phi) is 4.83. The van der Waals surface area contributed by atoms with Gasteiger partial charge in [0.1, 0.15) is 0 Å². The molecule has 1 aliphatic carbocycles. The average molecular weight is 281 g/mol. The average Bonchev–Trinajstić information content (AvgIpc) is 2.67. The molecule has 104 valence electrons. The van der Waals surface area contributed by atoms with Crippen LogP contribution in [-0.4, -0.2) is 12.5 Å². The molecule has 0 saturated heterocycles. The van der Waals surface area contributed by atoms with Crippen LogP contribution in [0.5, 0.6) is 0 Å². The van der Waals surface area contributed by atoms with Gasteiger partial charge >= 0.3 is 0 Å². The highest BCUT2D eigenvalue weighted by atomic mass is 35.5. The number of hydrogen-bond donors (Lipinski definition) is 2. The Labute approximate surface area is 119 Å². The molecule has 1 fully saturated rings. The number of carbonyl (C=O) groups is 1. The Morgan fingerprint density at radius 2 is 1.74 bits per heavy atom. The van der Waals surface area contributed by atoms with E-state index < -0.39 is 5.41 Å². The number of nitrogens with one attached hydrogen (secondary N) is 1. The lowest BCUT2D eigenvalue weighted by molar-refractivity contribution is -0.125. The number of anilines is 1.